The van der Waals surface area contributed by atoms with Gasteiger partial charge in [0, 0.05) is 43.4 Å². The van der Waals surface area contributed by atoms with Crippen LogP contribution in [-0.2, 0) is 9.59 Å². The number of ether oxygens (including phenoxy) is 1. The molecule has 6 N–H and O–H groups in total. The van der Waals surface area contributed by atoms with Gasteiger partial charge >= 0.3 is 6.03 Å². The number of nitrogen functional groups attached to an aromatic ring is 1. The molecule has 0 radical (unpaired) electrons. The monoisotopic (exact) mass is 708 g/mol. The minimum atomic E-state index is -0.490. The summed E-state index contributed by atoms with van der Waals surface area (Å²) in [5, 5.41) is 20.7. The van der Waals surface area contributed by atoms with Gasteiger partial charge in [-0.2, -0.15) is 0 Å². The SMILES string of the molecule is C[C@H]1CN([C@@H](C)CO)C(=O)c2cc(NC(=O)CCCCCC(=O)Nc3ccccc3N)ccc2O[C@@H]1CN(C)C(=O)Nc1cccc2ccccc12. The summed E-state index contributed by atoms with van der Waals surface area (Å²) in [4.78, 5) is 55.6. The largest absolute Gasteiger partial charge is 0.487 e. The molecule has 0 saturated heterocycles. The van der Waals surface area contributed by atoms with Crippen LogP contribution >= 0.6 is 0 Å². The van der Waals surface area contributed by atoms with Crippen LogP contribution in [-0.4, -0.2) is 77.5 Å². The molecule has 0 aliphatic carbocycles. The molecule has 1 aliphatic heterocycles. The van der Waals surface area contributed by atoms with E-state index in [1.54, 1.807) is 66.2 Å². The van der Waals surface area contributed by atoms with Crippen molar-refractivity contribution < 1.29 is 29.0 Å². The summed E-state index contributed by atoms with van der Waals surface area (Å²) >= 11 is 0. The van der Waals surface area contributed by atoms with Crippen LogP contribution in [0, 0.1) is 5.92 Å². The second-order valence-electron chi connectivity index (χ2n) is 13.4. The standard InChI is InChI=1S/C40H48N6O6/c1-26-23-46(27(2)25-47)39(50)31-22-29(42-37(48)18-5-4-6-19-38(49)43-34-16-10-9-15-32(34)41)20-21-35(31)52-36(26)24-45(3)40(51)44-33-17-11-13-28-12-7-8-14-30(28)33/h7-17,20-22,26-27,36,47H,4-6,18-19,23-25,41H2,1-3H3,(H,42,48)(H,43,49)(H,44,51)/t26-,27-,36+/m0/s1. The third-order valence-electron chi connectivity index (χ3n) is 9.32. The number of nitrogens with zero attached hydrogens (tertiary/aromatic N) is 2. The van der Waals surface area contributed by atoms with Crippen LogP contribution in [0.1, 0.15) is 56.3 Å². The van der Waals surface area contributed by atoms with Gasteiger partial charge in [-0.3, -0.25) is 14.4 Å². The molecule has 0 fully saturated rings. The zero-order valence-electron chi connectivity index (χ0n) is 29.9. The summed E-state index contributed by atoms with van der Waals surface area (Å²) in [7, 11) is 1.70. The summed E-state index contributed by atoms with van der Waals surface area (Å²) in [5.74, 6) is -0.539. The van der Waals surface area contributed by atoms with Crippen molar-refractivity contribution in [1.82, 2.24) is 9.80 Å². The minimum absolute atomic E-state index is 0.132. The first-order valence-corrected chi connectivity index (χ1v) is 17.7. The Labute approximate surface area is 304 Å². The molecular weight excluding hydrogens is 660 g/mol. The Morgan fingerprint density at radius 3 is 2.33 bits per heavy atom. The molecule has 12 nitrogen and oxygen atoms in total. The van der Waals surface area contributed by atoms with E-state index in [4.69, 9.17) is 10.5 Å². The second-order valence-corrected chi connectivity index (χ2v) is 13.4. The Balaban J connectivity index is 1.20. The van der Waals surface area contributed by atoms with Gasteiger partial charge in [0.15, 0.2) is 0 Å². The maximum absolute atomic E-state index is 13.9. The summed E-state index contributed by atoms with van der Waals surface area (Å²) in [5.41, 5.74) is 8.37. The number of aliphatic hydroxyl groups excluding tert-OH is 1. The van der Waals surface area contributed by atoms with Gasteiger partial charge in [-0.05, 0) is 61.5 Å². The zero-order valence-corrected chi connectivity index (χ0v) is 29.9. The number of likely N-dealkylation sites (N-methyl/N-ethyl adjacent to an activating group) is 1. The van der Waals surface area contributed by atoms with Crippen molar-refractivity contribution in [1.29, 1.82) is 0 Å². The summed E-state index contributed by atoms with van der Waals surface area (Å²) < 4.78 is 6.45. The number of carbonyl (C=O) groups is 4. The molecular formula is C40H48N6O6. The molecule has 0 unspecified atom stereocenters. The molecule has 4 aromatic rings. The highest BCUT2D eigenvalue weighted by Crippen LogP contribution is 2.31. The predicted octanol–water partition coefficient (Wildman–Crippen LogP) is 6.33. The van der Waals surface area contributed by atoms with Crippen molar-refractivity contribution in [2.45, 2.75) is 58.1 Å². The van der Waals surface area contributed by atoms with Crippen molar-refractivity contribution >= 4 is 57.3 Å². The molecule has 5 rings (SSSR count). The number of unbranched alkanes of at least 4 members (excludes halogenated alkanes) is 2. The van der Waals surface area contributed by atoms with Crippen molar-refractivity contribution in [3.63, 3.8) is 0 Å². The molecule has 1 heterocycles. The van der Waals surface area contributed by atoms with Gasteiger partial charge in [0.2, 0.25) is 11.8 Å². The van der Waals surface area contributed by atoms with Crippen LogP contribution < -0.4 is 26.4 Å². The van der Waals surface area contributed by atoms with E-state index in [9.17, 15) is 24.3 Å². The second kappa shape index (κ2) is 17.5. The number of rotatable bonds is 13. The number of amides is 5. The number of urea groups is 1. The summed E-state index contributed by atoms with van der Waals surface area (Å²) in [6.45, 7) is 4.02. The third-order valence-corrected chi connectivity index (χ3v) is 9.32. The fourth-order valence-electron chi connectivity index (χ4n) is 6.21. The normalized spacial score (nSPS) is 16.2. The first kappa shape index (κ1) is 37.6. The van der Waals surface area contributed by atoms with Gasteiger partial charge in [-0.25, -0.2) is 4.79 Å². The highest BCUT2D eigenvalue weighted by Gasteiger charge is 2.34. The molecule has 0 saturated carbocycles. The van der Waals surface area contributed by atoms with E-state index in [0.29, 0.717) is 54.2 Å². The van der Waals surface area contributed by atoms with Crippen molar-refractivity contribution in [2.24, 2.45) is 5.92 Å². The van der Waals surface area contributed by atoms with Crippen LogP contribution in [0.2, 0.25) is 0 Å². The molecule has 5 amide bonds. The highest BCUT2D eigenvalue weighted by atomic mass is 16.5. The number of anilines is 4. The number of hydrogen-bond acceptors (Lipinski definition) is 7. The molecule has 274 valence electrons. The third kappa shape index (κ3) is 9.58. The first-order chi connectivity index (χ1) is 25.0. The molecule has 1 aliphatic rings. The number of aliphatic hydroxyl groups is 1. The first-order valence-electron chi connectivity index (χ1n) is 17.7. The van der Waals surface area contributed by atoms with Crippen molar-refractivity contribution in [3.05, 3.63) is 90.5 Å². The minimum Gasteiger partial charge on any atom is -0.487 e. The number of para-hydroxylation sites is 2. The van der Waals surface area contributed by atoms with E-state index in [0.717, 1.165) is 10.8 Å². The van der Waals surface area contributed by atoms with E-state index in [-0.39, 0.29) is 61.4 Å². The highest BCUT2D eigenvalue weighted by molar-refractivity contribution is 6.02. The molecule has 0 bridgehead atoms. The van der Waals surface area contributed by atoms with Crippen LogP contribution in [0.3, 0.4) is 0 Å². The van der Waals surface area contributed by atoms with Gasteiger partial charge in [0.05, 0.1) is 41.8 Å². The smallest absolute Gasteiger partial charge is 0.321 e. The molecule has 52 heavy (non-hydrogen) atoms. The molecule has 0 spiro atoms. The number of hydrogen-bond donors (Lipinski definition) is 5. The maximum Gasteiger partial charge on any atom is 0.321 e. The van der Waals surface area contributed by atoms with Crippen LogP contribution in [0.15, 0.2) is 84.9 Å². The van der Waals surface area contributed by atoms with Gasteiger partial charge in [0.25, 0.3) is 5.91 Å². The van der Waals surface area contributed by atoms with Crippen LogP contribution in [0.4, 0.5) is 27.5 Å². The fourth-order valence-corrected chi connectivity index (χ4v) is 6.21. The predicted molar refractivity (Wildman–Crippen MR) is 204 cm³/mol. The lowest BCUT2D eigenvalue weighted by atomic mass is 9.99. The van der Waals surface area contributed by atoms with E-state index >= 15 is 0 Å². The van der Waals surface area contributed by atoms with Crippen molar-refractivity contribution in [2.75, 3.05) is 48.4 Å². The zero-order chi connectivity index (χ0) is 37.2. The lowest BCUT2D eigenvalue weighted by Crippen LogP contribution is -2.50. The Bertz CT molecular complexity index is 1890. The number of carbonyl (C=O) groups excluding carboxylic acids is 4. The van der Waals surface area contributed by atoms with E-state index in [1.165, 1.54) is 0 Å². The molecule has 0 aromatic heterocycles. The Kier molecular flexibility index (Phi) is 12.7. The average molecular weight is 709 g/mol. The average Bonchev–Trinajstić information content (AvgIpc) is 3.13. The number of nitrogens with two attached hydrogens (primary N) is 1. The van der Waals surface area contributed by atoms with Gasteiger partial charge in [-0.15, -0.1) is 0 Å². The van der Waals surface area contributed by atoms with Gasteiger partial charge in [0.1, 0.15) is 11.9 Å². The maximum atomic E-state index is 13.9. The number of fused-ring (bicyclic) bond motifs is 2. The van der Waals surface area contributed by atoms with Crippen LogP contribution in [0.5, 0.6) is 5.75 Å². The fraction of sp³-hybridized carbons (Fsp3) is 0.350. The number of nitrogens with one attached hydrogen (secondary N) is 3. The molecule has 4 aromatic carbocycles. The lowest BCUT2D eigenvalue weighted by Gasteiger charge is -2.38. The van der Waals surface area contributed by atoms with E-state index in [2.05, 4.69) is 16.0 Å². The Hall–Kier alpha value is -5.62. The lowest BCUT2D eigenvalue weighted by molar-refractivity contribution is -0.116. The quantitative estimate of drug-likeness (QED) is 0.0799. The Morgan fingerprint density at radius 2 is 1.58 bits per heavy atom. The van der Waals surface area contributed by atoms with E-state index in [1.807, 2.05) is 49.4 Å². The molecule has 3 atom stereocenters. The Morgan fingerprint density at radius 1 is 0.904 bits per heavy atom. The van der Waals surface area contributed by atoms with Crippen LogP contribution in [0.25, 0.3) is 10.8 Å². The summed E-state index contributed by atoms with van der Waals surface area (Å²) in [6.07, 6.45) is 1.96. The van der Waals surface area contributed by atoms with E-state index < -0.39 is 12.1 Å². The van der Waals surface area contributed by atoms with Gasteiger partial charge in [-0.1, -0.05) is 61.9 Å². The van der Waals surface area contributed by atoms with Gasteiger partial charge < -0.3 is 41.3 Å². The summed E-state index contributed by atoms with van der Waals surface area (Å²) in [6, 6.07) is 24.8. The number of benzene rings is 4. The molecule has 12 heteroatoms. The topological polar surface area (TPSA) is 166 Å². The van der Waals surface area contributed by atoms with Crippen molar-refractivity contribution in [3.8, 4) is 5.75 Å².